The number of esters is 3. The Balaban J connectivity index is 4.53. The lowest BCUT2D eigenvalue weighted by Gasteiger charge is -2.18. The van der Waals surface area contributed by atoms with Crippen LogP contribution in [-0.4, -0.2) is 37.2 Å². The quantitative estimate of drug-likeness (QED) is 0.0261. The summed E-state index contributed by atoms with van der Waals surface area (Å²) < 4.78 is 16.9. The normalized spacial score (nSPS) is 13.4. The van der Waals surface area contributed by atoms with Gasteiger partial charge in [-0.1, -0.05) is 267 Å². The van der Waals surface area contributed by atoms with Crippen molar-refractivity contribution >= 4 is 17.9 Å². The summed E-state index contributed by atoms with van der Waals surface area (Å²) in [5.74, 6) is -0.996. The summed E-state index contributed by atoms with van der Waals surface area (Å²) in [4.78, 5) is 38.4. The first kappa shape index (κ1) is 77.2. The van der Waals surface area contributed by atoms with Crippen LogP contribution >= 0.6 is 0 Å². The standard InChI is InChI=1S/C77H118O6/c1-4-7-10-13-16-19-22-25-28-30-32-34-36-37-38-39-41-42-44-46-49-52-55-58-61-64-67-70-76(79)82-73-74(72-81-75(78)69-66-63-60-57-54-51-48-27-24-21-18-15-12-9-6-3)83-77(80)71-68-65-62-59-56-53-50-47-45-43-40-35-33-31-29-26-23-20-17-14-11-8-5-2/h7-12,16-21,25-29,32-35,37-38,41-43,45-46,48-49,55,58,74H,4-6,13-15,22-24,30-31,36,39-40,44,47,50-54,56-57,59-73H2,1-3H3/b10-7-,11-8-,12-9-,19-16-,20-17-,21-18-,28-25-,29-26-,34-32-,35-33-,38-37-,42-41-,45-43-,48-27-,49-46-,58-55-. The molecule has 0 aliphatic rings. The van der Waals surface area contributed by atoms with Crippen molar-refractivity contribution in [1.29, 1.82) is 0 Å². The van der Waals surface area contributed by atoms with E-state index in [1.165, 1.54) is 19.3 Å². The van der Waals surface area contributed by atoms with Crippen LogP contribution in [0.15, 0.2) is 194 Å². The second-order valence-corrected chi connectivity index (χ2v) is 20.9. The second-order valence-electron chi connectivity index (χ2n) is 20.9. The number of ether oxygens (including phenoxy) is 3. The number of unbranched alkanes of at least 4 members (excludes halogenated alkanes) is 14. The molecule has 1 unspecified atom stereocenters. The van der Waals surface area contributed by atoms with Crippen molar-refractivity contribution < 1.29 is 28.6 Å². The van der Waals surface area contributed by atoms with Crippen molar-refractivity contribution in [2.24, 2.45) is 0 Å². The van der Waals surface area contributed by atoms with Gasteiger partial charge in [0.15, 0.2) is 6.10 Å². The number of carbonyl (C=O) groups is 3. The zero-order valence-electron chi connectivity index (χ0n) is 52.9. The van der Waals surface area contributed by atoms with E-state index in [4.69, 9.17) is 14.2 Å². The van der Waals surface area contributed by atoms with Crippen LogP contribution in [0, 0.1) is 0 Å². The summed E-state index contributed by atoms with van der Waals surface area (Å²) in [6, 6.07) is 0. The van der Waals surface area contributed by atoms with Crippen LogP contribution in [0.2, 0.25) is 0 Å². The highest BCUT2D eigenvalue weighted by molar-refractivity contribution is 5.71. The fraction of sp³-hybridized carbons (Fsp3) is 0.545. The van der Waals surface area contributed by atoms with Crippen LogP contribution in [0.25, 0.3) is 0 Å². The van der Waals surface area contributed by atoms with Gasteiger partial charge >= 0.3 is 17.9 Å². The number of hydrogen-bond donors (Lipinski definition) is 0. The molecule has 0 aromatic rings. The van der Waals surface area contributed by atoms with E-state index in [0.29, 0.717) is 19.3 Å². The Bertz CT molecular complexity index is 1990. The van der Waals surface area contributed by atoms with Gasteiger partial charge in [0.25, 0.3) is 0 Å². The van der Waals surface area contributed by atoms with Crippen LogP contribution in [-0.2, 0) is 28.6 Å². The van der Waals surface area contributed by atoms with E-state index in [1.807, 2.05) is 0 Å². The topological polar surface area (TPSA) is 78.9 Å². The number of carbonyl (C=O) groups excluding carboxylic acids is 3. The summed E-state index contributed by atoms with van der Waals surface area (Å²) >= 11 is 0. The molecular formula is C77H118O6. The van der Waals surface area contributed by atoms with Gasteiger partial charge in [-0.2, -0.15) is 0 Å². The minimum atomic E-state index is -0.824. The summed E-state index contributed by atoms with van der Waals surface area (Å²) in [6.07, 6.45) is 104. The monoisotopic (exact) mass is 1140 g/mol. The van der Waals surface area contributed by atoms with Gasteiger partial charge in [-0.25, -0.2) is 0 Å². The predicted molar refractivity (Wildman–Crippen MR) is 361 cm³/mol. The van der Waals surface area contributed by atoms with Gasteiger partial charge in [0.05, 0.1) is 0 Å². The van der Waals surface area contributed by atoms with Crippen molar-refractivity contribution in [2.45, 2.75) is 258 Å². The molecule has 0 radical (unpaired) electrons. The van der Waals surface area contributed by atoms with Crippen molar-refractivity contribution in [3.8, 4) is 0 Å². The summed E-state index contributed by atoms with van der Waals surface area (Å²) in [5.41, 5.74) is 0. The summed E-state index contributed by atoms with van der Waals surface area (Å²) in [5, 5.41) is 0. The largest absolute Gasteiger partial charge is 0.462 e. The highest BCUT2D eigenvalue weighted by atomic mass is 16.6. The molecule has 0 rings (SSSR count). The molecule has 0 aromatic carbocycles. The third-order valence-corrected chi connectivity index (χ3v) is 13.1. The van der Waals surface area contributed by atoms with E-state index in [0.717, 1.165) is 186 Å². The van der Waals surface area contributed by atoms with Crippen LogP contribution in [0.5, 0.6) is 0 Å². The van der Waals surface area contributed by atoms with E-state index in [-0.39, 0.29) is 37.5 Å². The third kappa shape index (κ3) is 66.9. The first-order chi connectivity index (χ1) is 41.0. The first-order valence-corrected chi connectivity index (χ1v) is 32.9. The molecule has 0 aliphatic heterocycles. The fourth-order valence-electron chi connectivity index (χ4n) is 8.26. The molecular weight excluding hydrogens is 1020 g/mol. The molecule has 1 atom stereocenters. The molecule has 83 heavy (non-hydrogen) atoms. The van der Waals surface area contributed by atoms with E-state index in [2.05, 4.69) is 215 Å². The minimum absolute atomic E-state index is 0.116. The van der Waals surface area contributed by atoms with Gasteiger partial charge in [0, 0.05) is 19.3 Å². The maximum atomic E-state index is 12.9. The highest BCUT2D eigenvalue weighted by Gasteiger charge is 2.19. The third-order valence-electron chi connectivity index (χ3n) is 13.1. The molecule has 0 saturated heterocycles. The molecule has 0 aliphatic carbocycles. The Labute approximate surface area is 509 Å². The van der Waals surface area contributed by atoms with Gasteiger partial charge in [-0.05, 0) is 161 Å². The van der Waals surface area contributed by atoms with Crippen molar-refractivity contribution in [2.75, 3.05) is 13.2 Å². The SMILES string of the molecule is CC/C=C\C/C=C\C/C=C\C/C=C\C/C=C\C/C=C\C/C=C\C/C=C\CCCCC(=O)OCC(COC(=O)CCCCCCC/C=C\C/C=C\C/C=C\CC)OC(=O)CCCCCCCCC/C=C\C/C=C\C/C=C\C/C=C\C/C=C\CC. The molecule has 0 bridgehead atoms. The Hall–Kier alpha value is -5.75. The lowest BCUT2D eigenvalue weighted by Crippen LogP contribution is -2.30. The number of hydrogen-bond acceptors (Lipinski definition) is 6. The molecule has 0 N–H and O–H groups in total. The Morgan fingerprint density at radius 3 is 0.699 bits per heavy atom. The van der Waals surface area contributed by atoms with Crippen LogP contribution in [0.4, 0.5) is 0 Å². The first-order valence-electron chi connectivity index (χ1n) is 32.9. The molecule has 0 spiro atoms. The smallest absolute Gasteiger partial charge is 0.306 e. The van der Waals surface area contributed by atoms with Crippen molar-refractivity contribution in [3.63, 3.8) is 0 Å². The van der Waals surface area contributed by atoms with E-state index in [9.17, 15) is 14.4 Å². The Morgan fingerprint density at radius 1 is 0.241 bits per heavy atom. The predicted octanol–water partition coefficient (Wildman–Crippen LogP) is 23.0. The molecule has 0 saturated carbocycles. The van der Waals surface area contributed by atoms with E-state index in [1.54, 1.807) is 0 Å². The van der Waals surface area contributed by atoms with Gasteiger partial charge < -0.3 is 14.2 Å². The number of allylic oxidation sites excluding steroid dienone is 32. The highest BCUT2D eigenvalue weighted by Crippen LogP contribution is 2.14. The molecule has 462 valence electrons. The molecule has 0 amide bonds. The maximum Gasteiger partial charge on any atom is 0.306 e. The van der Waals surface area contributed by atoms with Gasteiger partial charge in [0.1, 0.15) is 13.2 Å². The summed E-state index contributed by atoms with van der Waals surface area (Å²) in [7, 11) is 0. The average Bonchev–Trinajstić information content (AvgIpc) is 3.49. The molecule has 6 heteroatoms. The second kappa shape index (κ2) is 68.7. The van der Waals surface area contributed by atoms with Gasteiger partial charge in [0.2, 0.25) is 0 Å². The molecule has 6 nitrogen and oxygen atoms in total. The van der Waals surface area contributed by atoms with Crippen LogP contribution in [0.1, 0.15) is 252 Å². The molecule has 0 fully saturated rings. The fourth-order valence-corrected chi connectivity index (χ4v) is 8.26. The Kier molecular flexibility index (Phi) is 64.0. The Morgan fingerprint density at radius 2 is 0.434 bits per heavy atom. The van der Waals surface area contributed by atoms with Crippen LogP contribution in [0.3, 0.4) is 0 Å². The van der Waals surface area contributed by atoms with Gasteiger partial charge in [-0.15, -0.1) is 0 Å². The lowest BCUT2D eigenvalue weighted by atomic mass is 10.1. The van der Waals surface area contributed by atoms with E-state index < -0.39 is 6.10 Å². The van der Waals surface area contributed by atoms with Crippen molar-refractivity contribution in [3.05, 3.63) is 194 Å². The maximum absolute atomic E-state index is 12.9. The molecule has 0 aromatic heterocycles. The van der Waals surface area contributed by atoms with Crippen molar-refractivity contribution in [1.82, 2.24) is 0 Å². The summed E-state index contributed by atoms with van der Waals surface area (Å²) in [6.45, 7) is 6.23. The van der Waals surface area contributed by atoms with E-state index >= 15 is 0 Å². The number of rotatable bonds is 57. The average molecular weight is 1140 g/mol. The zero-order chi connectivity index (χ0) is 59.9. The van der Waals surface area contributed by atoms with Gasteiger partial charge in [-0.3, -0.25) is 14.4 Å². The van der Waals surface area contributed by atoms with Crippen LogP contribution < -0.4 is 0 Å². The lowest BCUT2D eigenvalue weighted by molar-refractivity contribution is -0.167. The zero-order valence-corrected chi connectivity index (χ0v) is 52.9. The minimum Gasteiger partial charge on any atom is -0.462 e. The molecule has 0 heterocycles.